The molecule has 0 aliphatic rings. The van der Waals surface area contributed by atoms with Crippen LogP contribution in [0.2, 0.25) is 5.02 Å². The maximum Gasteiger partial charge on any atom is 0.292 e. The molecule has 0 saturated heterocycles. The average molecular weight is 258 g/mol. The summed E-state index contributed by atoms with van der Waals surface area (Å²) >= 11 is 5.84. The smallest absolute Gasteiger partial charge is 0.292 e. The minimum Gasteiger partial charge on any atom is -0.376 e. The zero-order valence-corrected chi connectivity index (χ0v) is 10.9. The van der Waals surface area contributed by atoms with Crippen LogP contribution in [0.25, 0.3) is 0 Å². The number of hydrogen-bond acceptors (Lipinski definition) is 4. The molecule has 1 aromatic rings. The number of hydrogen-bond donors (Lipinski definition) is 1. The van der Waals surface area contributed by atoms with Gasteiger partial charge in [-0.2, -0.15) is 0 Å². The van der Waals surface area contributed by atoms with E-state index in [1.807, 2.05) is 25.9 Å². The van der Waals surface area contributed by atoms with E-state index in [-0.39, 0.29) is 11.7 Å². The molecule has 1 rings (SSSR count). The molecular weight excluding hydrogens is 242 g/mol. The van der Waals surface area contributed by atoms with Crippen LogP contribution in [0.5, 0.6) is 0 Å². The van der Waals surface area contributed by atoms with E-state index in [9.17, 15) is 10.1 Å². The summed E-state index contributed by atoms with van der Waals surface area (Å²) < 4.78 is 0. The quantitative estimate of drug-likeness (QED) is 0.651. The number of nitro benzene ring substituents is 1. The molecule has 6 heteroatoms. The van der Waals surface area contributed by atoms with Gasteiger partial charge in [0.05, 0.1) is 4.92 Å². The Balaban J connectivity index is 2.88. The minimum absolute atomic E-state index is 0.0417. The molecule has 1 unspecified atom stereocenters. The van der Waals surface area contributed by atoms with E-state index in [0.717, 1.165) is 6.54 Å². The van der Waals surface area contributed by atoms with Crippen molar-refractivity contribution in [3.05, 3.63) is 33.3 Å². The predicted molar refractivity (Wildman–Crippen MR) is 69.7 cm³/mol. The van der Waals surface area contributed by atoms with Gasteiger partial charge < -0.3 is 10.2 Å². The van der Waals surface area contributed by atoms with E-state index in [4.69, 9.17) is 11.6 Å². The second kappa shape index (κ2) is 5.84. The maximum absolute atomic E-state index is 10.8. The molecule has 5 nitrogen and oxygen atoms in total. The van der Waals surface area contributed by atoms with Crippen LogP contribution < -0.4 is 5.32 Å². The summed E-state index contributed by atoms with van der Waals surface area (Å²) in [6.45, 7) is 2.74. The molecular formula is C11H16ClN3O2. The van der Waals surface area contributed by atoms with E-state index in [1.54, 1.807) is 6.07 Å². The van der Waals surface area contributed by atoms with Gasteiger partial charge >= 0.3 is 0 Å². The third-order valence-electron chi connectivity index (χ3n) is 2.20. The van der Waals surface area contributed by atoms with Crippen LogP contribution >= 0.6 is 11.6 Å². The van der Waals surface area contributed by atoms with Gasteiger partial charge in [0.2, 0.25) is 0 Å². The standard InChI is InChI=1S/C11H16ClN3O2/c1-8(7-14(2)3)13-10-6-9(12)4-5-11(10)15(16)17/h4-6,8,13H,7H2,1-3H3. The lowest BCUT2D eigenvalue weighted by Gasteiger charge is -2.19. The summed E-state index contributed by atoms with van der Waals surface area (Å²) in [5.41, 5.74) is 0.497. The molecule has 0 saturated carbocycles. The van der Waals surface area contributed by atoms with E-state index < -0.39 is 4.92 Å². The summed E-state index contributed by atoms with van der Waals surface area (Å²) in [5, 5.41) is 14.4. The Bertz CT molecular complexity index is 410. The lowest BCUT2D eigenvalue weighted by atomic mass is 10.2. The molecule has 0 aliphatic heterocycles. The number of nitrogens with one attached hydrogen (secondary N) is 1. The number of likely N-dealkylation sites (N-methyl/N-ethyl adjacent to an activating group) is 1. The molecule has 0 aromatic heterocycles. The molecule has 1 N–H and O–H groups in total. The summed E-state index contributed by atoms with van der Waals surface area (Å²) in [4.78, 5) is 12.4. The van der Waals surface area contributed by atoms with E-state index in [2.05, 4.69) is 5.32 Å². The molecule has 0 bridgehead atoms. The van der Waals surface area contributed by atoms with Gasteiger partial charge in [0, 0.05) is 23.7 Å². The summed E-state index contributed by atoms with van der Waals surface area (Å²) in [7, 11) is 3.90. The number of nitrogens with zero attached hydrogens (tertiary/aromatic N) is 2. The SMILES string of the molecule is CC(CN(C)C)Nc1cc(Cl)ccc1[N+](=O)[O-]. The largest absolute Gasteiger partial charge is 0.376 e. The molecule has 0 fully saturated rings. The Morgan fingerprint density at radius 1 is 1.53 bits per heavy atom. The molecule has 0 amide bonds. The lowest BCUT2D eigenvalue weighted by Crippen LogP contribution is -2.29. The lowest BCUT2D eigenvalue weighted by molar-refractivity contribution is -0.384. The minimum atomic E-state index is -0.416. The molecule has 17 heavy (non-hydrogen) atoms. The van der Waals surface area contributed by atoms with Crippen LogP contribution in [-0.4, -0.2) is 36.5 Å². The Labute approximate surface area is 106 Å². The monoisotopic (exact) mass is 257 g/mol. The van der Waals surface area contributed by atoms with Gasteiger partial charge in [-0.05, 0) is 33.2 Å². The van der Waals surface area contributed by atoms with Crippen LogP contribution in [-0.2, 0) is 0 Å². The summed E-state index contributed by atoms with van der Waals surface area (Å²) in [6, 6.07) is 4.60. The van der Waals surface area contributed by atoms with Crippen molar-refractivity contribution in [2.75, 3.05) is 26.0 Å². The molecule has 0 heterocycles. The topological polar surface area (TPSA) is 58.4 Å². The molecule has 0 radical (unpaired) electrons. The number of rotatable bonds is 5. The molecule has 94 valence electrons. The van der Waals surface area contributed by atoms with Crippen LogP contribution in [0, 0.1) is 10.1 Å². The van der Waals surface area contributed by atoms with Crippen LogP contribution in [0.15, 0.2) is 18.2 Å². The van der Waals surface area contributed by atoms with Gasteiger partial charge in [0.1, 0.15) is 5.69 Å². The predicted octanol–water partition coefficient (Wildman–Crippen LogP) is 2.61. The van der Waals surface area contributed by atoms with Crippen LogP contribution in [0.3, 0.4) is 0 Å². The van der Waals surface area contributed by atoms with Crippen molar-refractivity contribution in [3.63, 3.8) is 0 Å². The first kappa shape index (κ1) is 13.7. The van der Waals surface area contributed by atoms with Crippen molar-refractivity contribution in [2.24, 2.45) is 0 Å². The molecule has 1 atom stereocenters. The van der Waals surface area contributed by atoms with Crippen LogP contribution in [0.4, 0.5) is 11.4 Å². The number of halogens is 1. The van der Waals surface area contributed by atoms with Crippen molar-refractivity contribution in [2.45, 2.75) is 13.0 Å². The maximum atomic E-state index is 10.8. The highest BCUT2D eigenvalue weighted by atomic mass is 35.5. The van der Waals surface area contributed by atoms with Gasteiger partial charge in [-0.1, -0.05) is 11.6 Å². The first-order chi connectivity index (χ1) is 7.90. The van der Waals surface area contributed by atoms with E-state index >= 15 is 0 Å². The van der Waals surface area contributed by atoms with Crippen molar-refractivity contribution >= 4 is 23.0 Å². The Morgan fingerprint density at radius 2 is 2.18 bits per heavy atom. The summed E-state index contributed by atoms with van der Waals surface area (Å²) in [6.07, 6.45) is 0. The zero-order chi connectivity index (χ0) is 13.0. The molecule has 0 spiro atoms. The first-order valence-corrected chi connectivity index (χ1v) is 5.63. The third-order valence-corrected chi connectivity index (χ3v) is 2.43. The highest BCUT2D eigenvalue weighted by Gasteiger charge is 2.15. The van der Waals surface area contributed by atoms with E-state index in [0.29, 0.717) is 10.7 Å². The average Bonchev–Trinajstić information content (AvgIpc) is 2.15. The van der Waals surface area contributed by atoms with Crippen LogP contribution in [0.1, 0.15) is 6.92 Å². The number of anilines is 1. The van der Waals surface area contributed by atoms with Gasteiger partial charge in [-0.25, -0.2) is 0 Å². The van der Waals surface area contributed by atoms with Crippen molar-refractivity contribution in [3.8, 4) is 0 Å². The summed E-state index contributed by atoms with van der Waals surface area (Å²) in [5.74, 6) is 0. The third kappa shape index (κ3) is 4.20. The van der Waals surface area contributed by atoms with Gasteiger partial charge in [-0.3, -0.25) is 10.1 Å². The second-order valence-electron chi connectivity index (χ2n) is 4.23. The van der Waals surface area contributed by atoms with Crippen molar-refractivity contribution in [1.82, 2.24) is 4.90 Å². The fourth-order valence-electron chi connectivity index (χ4n) is 1.64. The Hall–Kier alpha value is -1.33. The van der Waals surface area contributed by atoms with Gasteiger partial charge in [-0.15, -0.1) is 0 Å². The molecule has 1 aromatic carbocycles. The highest BCUT2D eigenvalue weighted by Crippen LogP contribution is 2.28. The van der Waals surface area contributed by atoms with Gasteiger partial charge in [0.15, 0.2) is 0 Å². The second-order valence-corrected chi connectivity index (χ2v) is 4.66. The Kier molecular flexibility index (Phi) is 4.72. The number of benzene rings is 1. The number of nitro groups is 1. The van der Waals surface area contributed by atoms with E-state index in [1.165, 1.54) is 12.1 Å². The molecule has 0 aliphatic carbocycles. The fourth-order valence-corrected chi connectivity index (χ4v) is 1.81. The Morgan fingerprint density at radius 3 is 2.71 bits per heavy atom. The normalized spacial score (nSPS) is 12.5. The van der Waals surface area contributed by atoms with Crippen molar-refractivity contribution < 1.29 is 4.92 Å². The van der Waals surface area contributed by atoms with Gasteiger partial charge in [0.25, 0.3) is 5.69 Å². The first-order valence-electron chi connectivity index (χ1n) is 5.25. The highest BCUT2D eigenvalue weighted by molar-refractivity contribution is 6.31. The zero-order valence-electron chi connectivity index (χ0n) is 10.1. The van der Waals surface area contributed by atoms with Crippen molar-refractivity contribution in [1.29, 1.82) is 0 Å². The fraction of sp³-hybridized carbons (Fsp3) is 0.455.